The fraction of sp³-hybridized carbons (Fsp3) is 0.688. The lowest BCUT2D eigenvalue weighted by Gasteiger charge is -2.31. The molecule has 2 heterocycles. The predicted molar refractivity (Wildman–Crippen MR) is 77.0 cm³/mol. The topological polar surface area (TPSA) is 16.1 Å². The molecule has 0 amide bonds. The van der Waals surface area contributed by atoms with Gasteiger partial charge in [0.2, 0.25) is 0 Å². The smallest absolute Gasteiger partial charge is 0.304 e. The van der Waals surface area contributed by atoms with Gasteiger partial charge in [-0.15, -0.1) is 0 Å². The van der Waals surface area contributed by atoms with Gasteiger partial charge in [0.15, 0.2) is 0 Å². The van der Waals surface area contributed by atoms with Gasteiger partial charge in [-0.25, -0.2) is 0 Å². The number of rotatable bonds is 5. The molecule has 2 rings (SSSR count). The van der Waals surface area contributed by atoms with Gasteiger partial charge in [-0.1, -0.05) is 19.4 Å². The zero-order valence-corrected chi connectivity index (χ0v) is 12.5. The lowest BCUT2D eigenvalue weighted by molar-refractivity contribution is -0.141. The highest BCUT2D eigenvalue weighted by atomic mass is 19.4. The molecule has 0 N–H and O–H groups in total. The molecule has 5 heteroatoms. The number of nitrogens with zero attached hydrogens (tertiary/aromatic N) is 2. The van der Waals surface area contributed by atoms with Crippen LogP contribution in [0.1, 0.15) is 43.9 Å². The second-order valence-electron chi connectivity index (χ2n) is 5.82. The molecule has 0 unspecified atom stereocenters. The molecule has 0 spiro atoms. The average Bonchev–Trinajstić information content (AvgIpc) is 2.47. The number of likely N-dealkylation sites (tertiary alicyclic amines) is 1. The Labute approximate surface area is 124 Å². The van der Waals surface area contributed by atoms with E-state index in [0.29, 0.717) is 0 Å². The molecule has 1 aliphatic heterocycles. The fourth-order valence-electron chi connectivity index (χ4n) is 2.93. The number of piperidine rings is 1. The van der Waals surface area contributed by atoms with E-state index in [-0.39, 0.29) is 0 Å². The minimum atomic E-state index is -4.34. The average molecular weight is 300 g/mol. The molecule has 0 atom stereocenters. The van der Waals surface area contributed by atoms with Crippen LogP contribution in [0.15, 0.2) is 18.3 Å². The summed E-state index contributed by atoms with van der Waals surface area (Å²) in [5.41, 5.74) is 0.0900. The molecule has 0 radical (unpaired) electrons. The Morgan fingerprint density at radius 1 is 1.24 bits per heavy atom. The first-order chi connectivity index (χ1) is 9.99. The van der Waals surface area contributed by atoms with E-state index in [2.05, 4.69) is 16.8 Å². The number of aromatic nitrogens is 1. The van der Waals surface area contributed by atoms with Crippen LogP contribution in [0.5, 0.6) is 0 Å². The van der Waals surface area contributed by atoms with E-state index in [1.54, 1.807) is 6.07 Å². The summed E-state index contributed by atoms with van der Waals surface area (Å²) in [7, 11) is 0. The van der Waals surface area contributed by atoms with Crippen LogP contribution in [0, 0.1) is 5.92 Å². The Hall–Kier alpha value is -1.10. The summed E-state index contributed by atoms with van der Waals surface area (Å²) in [5.74, 6) is 0.773. The summed E-state index contributed by atoms with van der Waals surface area (Å²) in [6.07, 6.45) is 2.54. The van der Waals surface area contributed by atoms with Crippen LogP contribution in [0.25, 0.3) is 0 Å². The SMILES string of the molecule is CCN1CCC(CCCc2ccc(C(F)(F)F)nc2)CC1. The molecule has 0 bridgehead atoms. The van der Waals surface area contributed by atoms with Gasteiger partial charge in [0, 0.05) is 6.20 Å². The van der Waals surface area contributed by atoms with Crippen molar-refractivity contribution in [3.05, 3.63) is 29.6 Å². The largest absolute Gasteiger partial charge is 0.433 e. The Bertz CT molecular complexity index is 420. The van der Waals surface area contributed by atoms with Crippen LogP contribution in [0.4, 0.5) is 13.2 Å². The maximum Gasteiger partial charge on any atom is 0.433 e. The van der Waals surface area contributed by atoms with Crippen molar-refractivity contribution in [1.29, 1.82) is 0 Å². The zero-order valence-electron chi connectivity index (χ0n) is 12.5. The van der Waals surface area contributed by atoms with E-state index in [4.69, 9.17) is 0 Å². The van der Waals surface area contributed by atoms with Gasteiger partial charge in [-0.3, -0.25) is 4.98 Å². The van der Waals surface area contributed by atoms with Gasteiger partial charge in [-0.05, 0) is 62.9 Å². The highest BCUT2D eigenvalue weighted by molar-refractivity contribution is 5.16. The molecule has 1 fully saturated rings. The third-order valence-corrected chi connectivity index (χ3v) is 4.35. The number of halogens is 3. The summed E-state index contributed by atoms with van der Waals surface area (Å²) in [6, 6.07) is 2.63. The third kappa shape index (κ3) is 4.99. The number of hydrogen-bond acceptors (Lipinski definition) is 2. The molecule has 118 valence electrons. The quantitative estimate of drug-likeness (QED) is 0.812. The summed E-state index contributed by atoms with van der Waals surface area (Å²) in [6.45, 7) is 5.69. The van der Waals surface area contributed by atoms with Crippen molar-refractivity contribution in [3.8, 4) is 0 Å². The lowest BCUT2D eigenvalue weighted by Crippen LogP contribution is -2.33. The van der Waals surface area contributed by atoms with Crippen LogP contribution >= 0.6 is 0 Å². The van der Waals surface area contributed by atoms with Crippen LogP contribution in [-0.4, -0.2) is 29.5 Å². The van der Waals surface area contributed by atoms with Crippen molar-refractivity contribution >= 4 is 0 Å². The van der Waals surface area contributed by atoms with Crippen molar-refractivity contribution in [2.75, 3.05) is 19.6 Å². The van der Waals surface area contributed by atoms with Crippen LogP contribution in [-0.2, 0) is 12.6 Å². The summed E-state index contributed by atoms with van der Waals surface area (Å²) < 4.78 is 37.2. The summed E-state index contributed by atoms with van der Waals surface area (Å²) in [5, 5.41) is 0. The Morgan fingerprint density at radius 2 is 1.95 bits per heavy atom. The minimum Gasteiger partial charge on any atom is -0.304 e. The number of pyridine rings is 1. The summed E-state index contributed by atoms with van der Waals surface area (Å²) in [4.78, 5) is 5.97. The third-order valence-electron chi connectivity index (χ3n) is 4.35. The maximum atomic E-state index is 12.4. The van der Waals surface area contributed by atoms with Crippen molar-refractivity contribution in [2.45, 2.75) is 45.2 Å². The highest BCUT2D eigenvalue weighted by Gasteiger charge is 2.31. The number of alkyl halides is 3. The van der Waals surface area contributed by atoms with E-state index >= 15 is 0 Å². The molecule has 2 nitrogen and oxygen atoms in total. The molecule has 0 aromatic carbocycles. The van der Waals surface area contributed by atoms with Gasteiger partial charge in [0.1, 0.15) is 5.69 Å². The number of hydrogen-bond donors (Lipinski definition) is 0. The fourth-order valence-corrected chi connectivity index (χ4v) is 2.93. The van der Waals surface area contributed by atoms with Crippen molar-refractivity contribution < 1.29 is 13.2 Å². The molecule has 1 aromatic heterocycles. The van der Waals surface area contributed by atoms with Crippen LogP contribution in [0.3, 0.4) is 0 Å². The molecular formula is C16H23F3N2. The van der Waals surface area contributed by atoms with Crippen LogP contribution in [0.2, 0.25) is 0 Å². The molecule has 1 aromatic rings. The van der Waals surface area contributed by atoms with Crippen molar-refractivity contribution in [1.82, 2.24) is 9.88 Å². The lowest BCUT2D eigenvalue weighted by atomic mass is 9.91. The Balaban J connectivity index is 1.72. The monoisotopic (exact) mass is 300 g/mol. The van der Waals surface area contributed by atoms with Crippen molar-refractivity contribution in [2.24, 2.45) is 5.92 Å². The van der Waals surface area contributed by atoms with Crippen LogP contribution < -0.4 is 0 Å². The first kappa shape index (κ1) is 16.3. The molecular weight excluding hydrogens is 277 g/mol. The van der Waals surface area contributed by atoms with Gasteiger partial charge >= 0.3 is 6.18 Å². The van der Waals surface area contributed by atoms with Crippen molar-refractivity contribution in [3.63, 3.8) is 0 Å². The molecule has 0 saturated carbocycles. The standard InChI is InChI=1S/C16H23F3N2/c1-2-21-10-8-13(9-11-21)4-3-5-14-6-7-15(20-12-14)16(17,18)19/h6-7,12-13H,2-5,8-11H2,1H3. The Kier molecular flexibility index (Phi) is 5.62. The van der Waals surface area contributed by atoms with Gasteiger partial charge < -0.3 is 4.90 Å². The van der Waals surface area contributed by atoms with E-state index in [0.717, 1.165) is 36.9 Å². The number of aryl methyl sites for hydroxylation is 1. The summed E-state index contributed by atoms with van der Waals surface area (Å²) >= 11 is 0. The molecule has 0 aliphatic carbocycles. The first-order valence-corrected chi connectivity index (χ1v) is 7.73. The highest BCUT2D eigenvalue weighted by Crippen LogP contribution is 2.27. The van der Waals surface area contributed by atoms with E-state index in [9.17, 15) is 13.2 Å². The Morgan fingerprint density at radius 3 is 2.48 bits per heavy atom. The molecule has 1 aliphatic rings. The predicted octanol–water partition coefficient (Wildman–Crippen LogP) is 4.16. The van der Waals surface area contributed by atoms with E-state index < -0.39 is 11.9 Å². The van der Waals surface area contributed by atoms with Gasteiger partial charge in [0.25, 0.3) is 0 Å². The van der Waals surface area contributed by atoms with E-state index in [1.807, 2.05) is 0 Å². The second-order valence-corrected chi connectivity index (χ2v) is 5.82. The molecule has 1 saturated heterocycles. The normalized spacial score (nSPS) is 18.1. The van der Waals surface area contributed by atoms with Gasteiger partial charge in [-0.2, -0.15) is 13.2 Å². The minimum absolute atomic E-state index is 0.773. The molecule has 21 heavy (non-hydrogen) atoms. The van der Waals surface area contributed by atoms with E-state index in [1.165, 1.54) is 38.5 Å². The first-order valence-electron chi connectivity index (χ1n) is 7.73. The maximum absolute atomic E-state index is 12.4. The second kappa shape index (κ2) is 7.25. The zero-order chi connectivity index (χ0) is 15.3. The van der Waals surface area contributed by atoms with Gasteiger partial charge in [0.05, 0.1) is 0 Å².